The molecule has 1 aliphatic rings. The van der Waals surface area contributed by atoms with Crippen LogP contribution in [0.25, 0.3) is 12.2 Å². The van der Waals surface area contributed by atoms with Crippen molar-refractivity contribution in [3.63, 3.8) is 0 Å². The molecular formula is C26H22O9S2. The van der Waals surface area contributed by atoms with Crippen LogP contribution < -0.4 is 0 Å². The molecule has 0 spiro atoms. The molecule has 0 aromatic heterocycles. The summed E-state index contributed by atoms with van der Waals surface area (Å²) in [5, 5.41) is 28.1. The first-order chi connectivity index (χ1) is 17.6. The van der Waals surface area contributed by atoms with Crippen molar-refractivity contribution in [3.05, 3.63) is 82.5 Å². The smallest absolute Gasteiger partial charge is 0.375 e. The molecule has 0 aliphatic carbocycles. The van der Waals surface area contributed by atoms with Crippen molar-refractivity contribution in [2.45, 2.75) is 22.3 Å². The van der Waals surface area contributed by atoms with Crippen molar-refractivity contribution in [2.24, 2.45) is 0 Å². The number of hydrogen-bond acceptors (Lipinski definition) is 9. The Labute approximate surface area is 220 Å². The van der Waals surface area contributed by atoms with Crippen molar-refractivity contribution in [1.82, 2.24) is 0 Å². The zero-order chi connectivity index (χ0) is 27.0. The van der Waals surface area contributed by atoms with Gasteiger partial charge >= 0.3 is 23.9 Å². The van der Waals surface area contributed by atoms with Gasteiger partial charge in [-0.3, -0.25) is 0 Å². The van der Waals surface area contributed by atoms with E-state index in [0.717, 1.165) is 23.9 Å². The number of rotatable bonds is 11. The van der Waals surface area contributed by atoms with Gasteiger partial charge in [-0.05, 0) is 54.5 Å². The van der Waals surface area contributed by atoms with E-state index in [0.29, 0.717) is 20.9 Å². The number of carboxylic acid groups (broad SMARTS) is 2. The molecule has 11 heteroatoms. The second kappa shape index (κ2) is 12.3. The van der Waals surface area contributed by atoms with E-state index in [9.17, 15) is 24.3 Å². The van der Waals surface area contributed by atoms with Gasteiger partial charge in [0.2, 0.25) is 5.76 Å². The largest absolute Gasteiger partial charge is 0.501 e. The third-order valence-electron chi connectivity index (χ3n) is 4.91. The van der Waals surface area contributed by atoms with Gasteiger partial charge in [0.05, 0.1) is 17.3 Å². The normalized spacial score (nSPS) is 17.4. The van der Waals surface area contributed by atoms with Crippen molar-refractivity contribution in [3.8, 4) is 0 Å². The SMILES string of the molecule is CCOC(=O)C1(CSc2ccc(/C=C/C(=O)O)cc2)OC(=O)C(O)=C1Sc1ccc(/C=C/C(=O)O)cc1. The fraction of sp³-hybridized carbons (Fsp3) is 0.154. The Kier molecular flexibility index (Phi) is 9.20. The van der Waals surface area contributed by atoms with Gasteiger partial charge in [-0.15, -0.1) is 11.8 Å². The number of ether oxygens (including phenoxy) is 2. The minimum atomic E-state index is -1.89. The average Bonchev–Trinajstić information content (AvgIpc) is 3.11. The van der Waals surface area contributed by atoms with E-state index in [1.54, 1.807) is 55.5 Å². The molecule has 2 aromatic rings. The summed E-state index contributed by atoms with van der Waals surface area (Å²) < 4.78 is 10.6. The van der Waals surface area contributed by atoms with Crippen LogP contribution in [0.4, 0.5) is 0 Å². The van der Waals surface area contributed by atoms with E-state index in [1.807, 2.05) is 0 Å². The van der Waals surface area contributed by atoms with Gasteiger partial charge in [0, 0.05) is 21.9 Å². The quantitative estimate of drug-likeness (QED) is 0.211. The summed E-state index contributed by atoms with van der Waals surface area (Å²) in [5.74, 6) is -4.81. The Hall–Kier alpha value is -3.96. The van der Waals surface area contributed by atoms with Gasteiger partial charge in [-0.25, -0.2) is 19.2 Å². The number of carbonyl (C=O) groups excluding carboxylic acids is 2. The fourth-order valence-corrected chi connectivity index (χ4v) is 5.32. The maximum atomic E-state index is 13.1. The van der Waals surface area contributed by atoms with Crippen LogP contribution in [0.3, 0.4) is 0 Å². The van der Waals surface area contributed by atoms with Gasteiger partial charge in [-0.2, -0.15) is 0 Å². The molecule has 1 aliphatic heterocycles. The number of aliphatic hydroxyl groups is 1. The summed E-state index contributed by atoms with van der Waals surface area (Å²) in [5.41, 5.74) is -0.608. The molecule has 3 rings (SSSR count). The number of hydrogen-bond donors (Lipinski definition) is 3. The van der Waals surface area contributed by atoms with Gasteiger partial charge < -0.3 is 24.8 Å². The zero-order valence-electron chi connectivity index (χ0n) is 19.5. The molecule has 3 N–H and O–H groups in total. The lowest BCUT2D eigenvalue weighted by Gasteiger charge is -2.27. The molecule has 0 radical (unpaired) electrons. The number of aliphatic carboxylic acids is 2. The minimum Gasteiger partial charge on any atom is -0.501 e. The molecule has 1 heterocycles. The van der Waals surface area contributed by atoms with Crippen LogP contribution in [0.15, 0.2) is 81.1 Å². The number of carbonyl (C=O) groups is 4. The molecule has 37 heavy (non-hydrogen) atoms. The summed E-state index contributed by atoms with van der Waals surface area (Å²) in [6.45, 7) is 1.63. The number of aliphatic hydroxyl groups excluding tert-OH is 1. The number of benzene rings is 2. The zero-order valence-corrected chi connectivity index (χ0v) is 21.1. The highest BCUT2D eigenvalue weighted by Gasteiger charge is 2.56. The molecule has 2 aromatic carbocycles. The summed E-state index contributed by atoms with van der Waals surface area (Å²) in [4.78, 5) is 48.2. The molecule has 0 fully saturated rings. The molecule has 0 amide bonds. The van der Waals surface area contributed by atoms with E-state index in [2.05, 4.69) is 0 Å². The molecule has 192 valence electrons. The molecule has 0 saturated heterocycles. The Morgan fingerprint density at radius 1 is 0.919 bits per heavy atom. The summed E-state index contributed by atoms with van der Waals surface area (Å²) in [7, 11) is 0. The van der Waals surface area contributed by atoms with Crippen LogP contribution in [0.2, 0.25) is 0 Å². The maximum absolute atomic E-state index is 13.1. The molecule has 1 unspecified atom stereocenters. The fourth-order valence-electron chi connectivity index (χ4n) is 3.16. The topological polar surface area (TPSA) is 147 Å². The highest BCUT2D eigenvalue weighted by molar-refractivity contribution is 8.03. The maximum Gasteiger partial charge on any atom is 0.375 e. The van der Waals surface area contributed by atoms with Crippen LogP contribution in [0.5, 0.6) is 0 Å². The summed E-state index contributed by atoms with van der Waals surface area (Å²) >= 11 is 2.16. The lowest BCUT2D eigenvalue weighted by atomic mass is 10.1. The number of esters is 2. The van der Waals surface area contributed by atoms with Crippen molar-refractivity contribution in [2.75, 3.05) is 12.4 Å². The lowest BCUT2D eigenvalue weighted by molar-refractivity contribution is -0.169. The standard InChI is InChI=1S/C26H22O9S2/c1-2-34-25(33)26(15-36-18-9-3-16(4-10-18)7-13-20(27)28)23(22(31)24(32)35-26)37-19-11-5-17(6-12-19)8-14-21(29)30/h3-14,31H,2,15H2,1H3,(H,27,28)(H,29,30)/b13-7+,14-8+. The van der Waals surface area contributed by atoms with E-state index < -0.39 is 35.2 Å². The Balaban J connectivity index is 1.87. The van der Waals surface area contributed by atoms with Crippen LogP contribution in [0, 0.1) is 0 Å². The average molecular weight is 543 g/mol. The molecule has 0 bridgehead atoms. The molecule has 1 atom stereocenters. The number of carboxylic acids is 2. The van der Waals surface area contributed by atoms with Crippen LogP contribution in [-0.4, -0.2) is 57.2 Å². The van der Waals surface area contributed by atoms with E-state index in [-0.39, 0.29) is 17.3 Å². The second-order valence-electron chi connectivity index (χ2n) is 7.49. The number of cyclic esters (lactones) is 1. The van der Waals surface area contributed by atoms with Crippen molar-refractivity contribution >= 4 is 59.6 Å². The molecule has 9 nitrogen and oxygen atoms in total. The highest BCUT2D eigenvalue weighted by Crippen LogP contribution is 2.46. The summed E-state index contributed by atoms with van der Waals surface area (Å²) in [6.07, 6.45) is 4.87. The van der Waals surface area contributed by atoms with Crippen LogP contribution in [-0.2, 0) is 28.7 Å². The summed E-state index contributed by atoms with van der Waals surface area (Å²) in [6, 6.07) is 13.5. The van der Waals surface area contributed by atoms with E-state index in [1.165, 1.54) is 23.9 Å². The lowest BCUT2D eigenvalue weighted by Crippen LogP contribution is -2.44. The predicted molar refractivity (Wildman–Crippen MR) is 138 cm³/mol. The van der Waals surface area contributed by atoms with Gasteiger partial charge in [-0.1, -0.05) is 36.0 Å². The number of thioether (sulfide) groups is 2. The van der Waals surface area contributed by atoms with Crippen LogP contribution in [0.1, 0.15) is 18.1 Å². The Bertz CT molecular complexity index is 1280. The third-order valence-corrected chi connectivity index (χ3v) is 7.30. The molecular weight excluding hydrogens is 520 g/mol. The second-order valence-corrected chi connectivity index (χ2v) is 9.62. The van der Waals surface area contributed by atoms with Gasteiger partial charge in [0.1, 0.15) is 0 Å². The molecule has 0 saturated carbocycles. The van der Waals surface area contributed by atoms with E-state index >= 15 is 0 Å². The minimum absolute atomic E-state index is 0.0155. The van der Waals surface area contributed by atoms with Crippen molar-refractivity contribution in [1.29, 1.82) is 0 Å². The van der Waals surface area contributed by atoms with Crippen molar-refractivity contribution < 1.29 is 44.0 Å². The highest BCUT2D eigenvalue weighted by atomic mass is 32.2. The first-order valence-corrected chi connectivity index (χ1v) is 12.6. The van der Waals surface area contributed by atoms with E-state index in [4.69, 9.17) is 19.7 Å². The van der Waals surface area contributed by atoms with Gasteiger partial charge in [0.25, 0.3) is 5.60 Å². The van der Waals surface area contributed by atoms with Gasteiger partial charge in [0.15, 0.2) is 0 Å². The monoisotopic (exact) mass is 542 g/mol. The third kappa shape index (κ3) is 7.05. The predicted octanol–water partition coefficient (Wildman–Crippen LogP) is 4.39. The first kappa shape index (κ1) is 27.6. The Morgan fingerprint density at radius 2 is 1.43 bits per heavy atom. The van der Waals surface area contributed by atoms with Crippen LogP contribution >= 0.6 is 23.5 Å². The Morgan fingerprint density at radius 3 is 1.92 bits per heavy atom. The first-order valence-electron chi connectivity index (χ1n) is 10.8.